The van der Waals surface area contributed by atoms with Crippen LogP contribution in [-0.2, 0) is 4.79 Å². The molecule has 0 radical (unpaired) electrons. The first-order valence-electron chi connectivity index (χ1n) is 10.8. The SMILES string of the molecule is Cc1ccccc1-n1ncc2c(=O)[nH]c(SCC(=O)N3CCN(c4ccccc4)CC3)nc21. The topological polar surface area (TPSA) is 87.1 Å². The fourth-order valence-corrected chi connectivity index (χ4v) is 4.78. The monoisotopic (exact) mass is 460 g/mol. The minimum Gasteiger partial charge on any atom is -0.368 e. The normalized spacial score (nSPS) is 14.1. The van der Waals surface area contributed by atoms with Crippen LogP contribution in [0.5, 0.6) is 0 Å². The van der Waals surface area contributed by atoms with Crippen LogP contribution in [0.1, 0.15) is 5.56 Å². The predicted octanol–water partition coefficient (Wildman–Crippen LogP) is 2.86. The number of H-pyrrole nitrogens is 1. The summed E-state index contributed by atoms with van der Waals surface area (Å²) in [5.41, 5.74) is 3.31. The van der Waals surface area contributed by atoms with Crippen molar-refractivity contribution in [2.75, 3.05) is 36.8 Å². The number of piperazine rings is 1. The maximum Gasteiger partial charge on any atom is 0.262 e. The highest BCUT2D eigenvalue weighted by Gasteiger charge is 2.22. The zero-order valence-corrected chi connectivity index (χ0v) is 19.1. The molecule has 8 nitrogen and oxygen atoms in total. The third kappa shape index (κ3) is 4.36. The minimum absolute atomic E-state index is 0.0443. The lowest BCUT2D eigenvalue weighted by molar-refractivity contribution is -0.128. The maximum atomic E-state index is 12.8. The standard InChI is InChI=1S/C24H24N6O2S/c1-17-7-5-6-10-20(17)30-22-19(15-25-30)23(32)27-24(26-22)33-16-21(31)29-13-11-28(12-14-29)18-8-3-2-4-9-18/h2-10,15H,11-14,16H2,1H3,(H,26,27,32). The molecule has 0 saturated carbocycles. The molecule has 0 unspecified atom stereocenters. The van der Waals surface area contributed by atoms with Gasteiger partial charge in [0.15, 0.2) is 10.8 Å². The Morgan fingerprint density at radius 2 is 1.76 bits per heavy atom. The van der Waals surface area contributed by atoms with E-state index in [4.69, 9.17) is 0 Å². The number of hydrogen-bond acceptors (Lipinski definition) is 6. The molecular weight excluding hydrogens is 436 g/mol. The zero-order valence-electron chi connectivity index (χ0n) is 18.3. The summed E-state index contributed by atoms with van der Waals surface area (Å²) < 4.78 is 1.68. The van der Waals surface area contributed by atoms with Crippen LogP contribution in [0.15, 0.2) is 70.7 Å². The summed E-state index contributed by atoms with van der Waals surface area (Å²) in [5, 5.41) is 5.21. The van der Waals surface area contributed by atoms with Crippen LogP contribution in [0, 0.1) is 6.92 Å². The third-order valence-corrected chi connectivity index (χ3v) is 6.70. The van der Waals surface area contributed by atoms with Crippen LogP contribution < -0.4 is 10.5 Å². The molecule has 0 atom stereocenters. The second-order valence-electron chi connectivity index (χ2n) is 7.94. The molecule has 4 aromatic rings. The number of para-hydroxylation sites is 2. The van der Waals surface area contributed by atoms with Crippen LogP contribution in [0.2, 0.25) is 0 Å². The van der Waals surface area contributed by atoms with Crippen LogP contribution in [0.3, 0.4) is 0 Å². The molecule has 5 rings (SSSR count). The number of rotatable bonds is 5. The number of aryl methyl sites for hydroxylation is 1. The number of thioether (sulfide) groups is 1. The first kappa shape index (κ1) is 21.3. The number of benzene rings is 2. The second kappa shape index (κ2) is 9.11. The van der Waals surface area contributed by atoms with Gasteiger partial charge in [0.2, 0.25) is 5.91 Å². The number of amides is 1. The van der Waals surface area contributed by atoms with Gasteiger partial charge in [-0.3, -0.25) is 9.59 Å². The van der Waals surface area contributed by atoms with Crippen molar-refractivity contribution in [2.45, 2.75) is 12.1 Å². The molecule has 0 spiro atoms. The van der Waals surface area contributed by atoms with Crippen LogP contribution >= 0.6 is 11.8 Å². The lowest BCUT2D eigenvalue weighted by Gasteiger charge is -2.36. The van der Waals surface area contributed by atoms with E-state index in [0.717, 1.165) is 24.3 Å². The third-order valence-electron chi connectivity index (χ3n) is 5.85. The van der Waals surface area contributed by atoms with Crippen molar-refractivity contribution in [3.8, 4) is 5.69 Å². The fourth-order valence-electron chi connectivity index (χ4n) is 4.02. The maximum absolute atomic E-state index is 12.8. The van der Waals surface area contributed by atoms with Gasteiger partial charge in [-0.15, -0.1) is 0 Å². The predicted molar refractivity (Wildman–Crippen MR) is 130 cm³/mol. The molecule has 2 aromatic heterocycles. The van der Waals surface area contributed by atoms with Gasteiger partial charge in [0, 0.05) is 31.9 Å². The molecule has 1 N–H and O–H groups in total. The molecular formula is C24H24N6O2S. The van der Waals surface area contributed by atoms with E-state index in [1.807, 2.05) is 54.3 Å². The van der Waals surface area contributed by atoms with Crippen LogP contribution in [0.25, 0.3) is 16.7 Å². The smallest absolute Gasteiger partial charge is 0.262 e. The Morgan fingerprint density at radius 3 is 2.52 bits per heavy atom. The number of nitrogens with zero attached hydrogens (tertiary/aromatic N) is 5. The molecule has 9 heteroatoms. The van der Waals surface area contributed by atoms with Gasteiger partial charge >= 0.3 is 0 Å². The zero-order chi connectivity index (χ0) is 22.8. The van der Waals surface area contributed by atoms with Gasteiger partial charge < -0.3 is 14.8 Å². The number of carbonyl (C=O) groups is 1. The van der Waals surface area contributed by atoms with Gasteiger partial charge in [0.05, 0.1) is 17.6 Å². The number of aromatic amines is 1. The number of anilines is 1. The first-order valence-corrected chi connectivity index (χ1v) is 11.8. The summed E-state index contributed by atoms with van der Waals surface area (Å²) in [7, 11) is 0. The number of carbonyl (C=O) groups excluding carboxylic acids is 1. The van der Waals surface area contributed by atoms with Crippen molar-refractivity contribution < 1.29 is 4.79 Å². The molecule has 1 fully saturated rings. The average molecular weight is 461 g/mol. The summed E-state index contributed by atoms with van der Waals surface area (Å²) in [6.07, 6.45) is 1.53. The summed E-state index contributed by atoms with van der Waals surface area (Å²) in [6.45, 7) is 4.95. The molecule has 168 valence electrons. The highest BCUT2D eigenvalue weighted by molar-refractivity contribution is 7.99. The molecule has 0 aliphatic carbocycles. The Labute approximate surface area is 195 Å². The Balaban J connectivity index is 1.27. The van der Waals surface area contributed by atoms with Crippen molar-refractivity contribution >= 4 is 34.4 Å². The fraction of sp³-hybridized carbons (Fsp3) is 0.250. The van der Waals surface area contributed by atoms with E-state index in [9.17, 15) is 9.59 Å². The highest BCUT2D eigenvalue weighted by Crippen LogP contribution is 2.21. The van der Waals surface area contributed by atoms with Gasteiger partial charge in [-0.25, -0.2) is 9.67 Å². The number of aromatic nitrogens is 4. The Bertz CT molecular complexity index is 1340. The second-order valence-corrected chi connectivity index (χ2v) is 8.91. The molecule has 1 aliphatic heterocycles. The van der Waals surface area contributed by atoms with Crippen LogP contribution in [0.4, 0.5) is 5.69 Å². The van der Waals surface area contributed by atoms with Gasteiger partial charge in [0.1, 0.15) is 5.39 Å². The summed E-state index contributed by atoms with van der Waals surface area (Å²) in [4.78, 5) is 36.9. The van der Waals surface area contributed by atoms with Gasteiger partial charge in [-0.2, -0.15) is 5.10 Å². The number of nitrogens with one attached hydrogen (secondary N) is 1. The first-order chi connectivity index (χ1) is 16.1. The summed E-state index contributed by atoms with van der Waals surface area (Å²) in [6, 6.07) is 18.0. The summed E-state index contributed by atoms with van der Waals surface area (Å²) >= 11 is 1.25. The molecule has 33 heavy (non-hydrogen) atoms. The molecule has 3 heterocycles. The van der Waals surface area contributed by atoms with E-state index in [2.05, 4.69) is 32.1 Å². The number of hydrogen-bond donors (Lipinski definition) is 1. The van der Waals surface area contributed by atoms with E-state index < -0.39 is 0 Å². The minimum atomic E-state index is -0.258. The lowest BCUT2D eigenvalue weighted by atomic mass is 10.2. The molecule has 1 amide bonds. The van der Waals surface area contributed by atoms with Crippen molar-refractivity contribution in [3.63, 3.8) is 0 Å². The lowest BCUT2D eigenvalue weighted by Crippen LogP contribution is -2.49. The van der Waals surface area contributed by atoms with Crippen molar-refractivity contribution in [3.05, 3.63) is 76.7 Å². The largest absolute Gasteiger partial charge is 0.368 e. The highest BCUT2D eigenvalue weighted by atomic mass is 32.2. The van der Waals surface area contributed by atoms with Gasteiger partial charge in [0.25, 0.3) is 5.56 Å². The van der Waals surface area contributed by atoms with Crippen molar-refractivity contribution in [1.29, 1.82) is 0 Å². The van der Waals surface area contributed by atoms with E-state index >= 15 is 0 Å². The van der Waals surface area contributed by atoms with Crippen molar-refractivity contribution in [2.24, 2.45) is 0 Å². The molecule has 1 aliphatic rings. The van der Waals surface area contributed by atoms with Crippen LogP contribution in [-0.4, -0.2) is 62.5 Å². The number of fused-ring (bicyclic) bond motifs is 1. The Hall–Kier alpha value is -3.59. The Morgan fingerprint density at radius 1 is 1.03 bits per heavy atom. The van der Waals surface area contributed by atoms with Crippen molar-refractivity contribution in [1.82, 2.24) is 24.6 Å². The average Bonchev–Trinajstić information content (AvgIpc) is 3.28. The van der Waals surface area contributed by atoms with E-state index in [1.54, 1.807) is 4.68 Å². The van der Waals surface area contributed by atoms with Gasteiger partial charge in [-0.05, 0) is 30.7 Å². The summed E-state index contributed by atoms with van der Waals surface area (Å²) in [5.74, 6) is 0.265. The Kier molecular flexibility index (Phi) is 5.87. The molecule has 1 saturated heterocycles. The van der Waals surface area contributed by atoms with Gasteiger partial charge in [-0.1, -0.05) is 48.2 Å². The molecule has 0 bridgehead atoms. The molecule has 2 aromatic carbocycles. The van der Waals surface area contributed by atoms with E-state index in [-0.39, 0.29) is 17.2 Å². The van der Waals surface area contributed by atoms with E-state index in [0.29, 0.717) is 29.3 Å². The quantitative estimate of drug-likeness (QED) is 0.364. The van der Waals surface area contributed by atoms with E-state index in [1.165, 1.54) is 23.6 Å².